The third-order valence-electron chi connectivity index (χ3n) is 4.24. The lowest BCUT2D eigenvalue weighted by Crippen LogP contribution is -2.07. The van der Waals surface area contributed by atoms with Crippen molar-refractivity contribution >= 4 is 17.2 Å². The van der Waals surface area contributed by atoms with Gasteiger partial charge < -0.3 is 10.1 Å². The van der Waals surface area contributed by atoms with Gasteiger partial charge in [0, 0.05) is 23.1 Å². The Balaban J connectivity index is 1.85. The Morgan fingerprint density at radius 2 is 2.04 bits per heavy atom. The van der Waals surface area contributed by atoms with Crippen molar-refractivity contribution in [2.24, 2.45) is 0 Å². The van der Waals surface area contributed by atoms with Crippen LogP contribution in [0.1, 0.15) is 18.4 Å². The van der Waals surface area contributed by atoms with Crippen LogP contribution in [0.25, 0.3) is 16.9 Å². The summed E-state index contributed by atoms with van der Waals surface area (Å²) in [6, 6.07) is 10.2. The summed E-state index contributed by atoms with van der Waals surface area (Å²) >= 11 is 1.71. The van der Waals surface area contributed by atoms with Gasteiger partial charge in [-0.15, -0.1) is 0 Å². The minimum absolute atomic E-state index is 0.859. The molecule has 5 heteroatoms. The van der Waals surface area contributed by atoms with Gasteiger partial charge in [-0.25, -0.2) is 4.68 Å². The zero-order valence-electron chi connectivity index (χ0n) is 13.1. The van der Waals surface area contributed by atoms with Crippen molar-refractivity contribution in [3.63, 3.8) is 0 Å². The Labute approximate surface area is 139 Å². The summed E-state index contributed by atoms with van der Waals surface area (Å²) < 4.78 is 7.29. The Hall–Kier alpha value is -2.27. The normalized spacial score (nSPS) is 14.0. The summed E-state index contributed by atoms with van der Waals surface area (Å²) in [7, 11) is 1.69. The minimum Gasteiger partial charge on any atom is -0.497 e. The van der Waals surface area contributed by atoms with E-state index in [1.807, 2.05) is 16.8 Å². The van der Waals surface area contributed by atoms with Crippen molar-refractivity contribution in [1.82, 2.24) is 9.78 Å². The summed E-state index contributed by atoms with van der Waals surface area (Å²) in [4.78, 5) is 0. The van der Waals surface area contributed by atoms with E-state index < -0.39 is 0 Å². The van der Waals surface area contributed by atoms with Gasteiger partial charge in [0.05, 0.1) is 18.5 Å². The zero-order chi connectivity index (χ0) is 15.6. The molecule has 0 saturated carbocycles. The average molecular weight is 325 g/mol. The molecule has 0 amide bonds. The van der Waals surface area contributed by atoms with Gasteiger partial charge in [0.2, 0.25) is 0 Å². The van der Waals surface area contributed by atoms with E-state index in [1.165, 1.54) is 24.0 Å². The van der Waals surface area contributed by atoms with E-state index in [4.69, 9.17) is 9.84 Å². The Morgan fingerprint density at radius 3 is 2.78 bits per heavy atom. The van der Waals surface area contributed by atoms with Crippen LogP contribution in [-0.2, 0) is 6.42 Å². The molecule has 0 spiro atoms. The largest absolute Gasteiger partial charge is 0.497 e. The fourth-order valence-corrected chi connectivity index (χ4v) is 3.68. The second-order valence-electron chi connectivity index (χ2n) is 5.68. The number of nitrogens with zero attached hydrogens (tertiary/aromatic N) is 2. The number of ether oxygens (including phenoxy) is 1. The summed E-state index contributed by atoms with van der Waals surface area (Å²) in [6.45, 7) is 0.998. The van der Waals surface area contributed by atoms with E-state index in [0.29, 0.717) is 0 Å². The maximum absolute atomic E-state index is 5.26. The molecule has 3 heterocycles. The highest BCUT2D eigenvalue weighted by Gasteiger charge is 2.21. The standard InChI is InChI=1S/C18H19N3OS/c1-22-15-7-5-14(6-8-15)21-18-16(4-2-3-10-19-18)17(20-21)13-9-11-23-12-13/h5-9,11-12,19H,2-4,10H2,1H3. The van der Waals surface area contributed by atoms with Gasteiger partial charge in [0.15, 0.2) is 0 Å². The molecule has 3 aromatic rings. The molecule has 0 atom stereocenters. The van der Waals surface area contributed by atoms with Crippen LogP contribution >= 0.6 is 11.3 Å². The molecule has 118 valence electrons. The van der Waals surface area contributed by atoms with Gasteiger partial charge in [0.25, 0.3) is 0 Å². The highest BCUT2D eigenvalue weighted by Crippen LogP contribution is 2.34. The van der Waals surface area contributed by atoms with Crippen LogP contribution in [0, 0.1) is 0 Å². The molecule has 4 nitrogen and oxygen atoms in total. The molecule has 0 bridgehead atoms. The number of nitrogens with one attached hydrogen (secondary N) is 1. The molecule has 1 aliphatic rings. The first-order chi connectivity index (χ1) is 11.4. The van der Waals surface area contributed by atoms with E-state index in [0.717, 1.165) is 35.9 Å². The molecular formula is C18H19N3OS. The smallest absolute Gasteiger partial charge is 0.133 e. The topological polar surface area (TPSA) is 39.1 Å². The molecule has 0 unspecified atom stereocenters. The Morgan fingerprint density at radius 1 is 1.17 bits per heavy atom. The van der Waals surface area contributed by atoms with Gasteiger partial charge in [-0.05, 0) is 55.0 Å². The molecule has 4 rings (SSSR count). The van der Waals surface area contributed by atoms with Crippen molar-refractivity contribution in [3.05, 3.63) is 46.7 Å². The highest BCUT2D eigenvalue weighted by atomic mass is 32.1. The van der Waals surface area contributed by atoms with E-state index in [-0.39, 0.29) is 0 Å². The highest BCUT2D eigenvalue weighted by molar-refractivity contribution is 7.08. The third kappa shape index (κ3) is 2.61. The molecule has 0 fully saturated rings. The summed E-state index contributed by atoms with van der Waals surface area (Å²) in [6.07, 6.45) is 3.47. The maximum atomic E-state index is 5.26. The van der Waals surface area contributed by atoms with Crippen LogP contribution in [0.2, 0.25) is 0 Å². The van der Waals surface area contributed by atoms with Gasteiger partial charge >= 0.3 is 0 Å². The predicted molar refractivity (Wildman–Crippen MR) is 94.9 cm³/mol. The quantitative estimate of drug-likeness (QED) is 0.778. The number of aromatic nitrogens is 2. The SMILES string of the molecule is COc1ccc(-n2nc(-c3ccsc3)c3c2NCCCC3)cc1. The average Bonchev–Trinajstić information content (AvgIpc) is 3.17. The fraction of sp³-hybridized carbons (Fsp3) is 0.278. The molecule has 0 radical (unpaired) electrons. The minimum atomic E-state index is 0.859. The first kappa shape index (κ1) is 14.3. The lowest BCUT2D eigenvalue weighted by atomic mass is 10.1. The van der Waals surface area contributed by atoms with Crippen molar-refractivity contribution in [2.75, 3.05) is 19.0 Å². The molecule has 23 heavy (non-hydrogen) atoms. The lowest BCUT2D eigenvalue weighted by Gasteiger charge is -2.09. The summed E-state index contributed by atoms with van der Waals surface area (Å²) in [5.74, 6) is 1.99. The van der Waals surface area contributed by atoms with Crippen molar-refractivity contribution < 1.29 is 4.74 Å². The van der Waals surface area contributed by atoms with Crippen LogP contribution in [0.5, 0.6) is 5.75 Å². The second kappa shape index (κ2) is 6.08. The first-order valence-electron chi connectivity index (χ1n) is 7.89. The van der Waals surface area contributed by atoms with Crippen molar-refractivity contribution in [2.45, 2.75) is 19.3 Å². The van der Waals surface area contributed by atoms with Gasteiger partial charge in [-0.2, -0.15) is 16.4 Å². The lowest BCUT2D eigenvalue weighted by molar-refractivity contribution is 0.414. The van der Waals surface area contributed by atoms with Crippen molar-refractivity contribution in [1.29, 1.82) is 0 Å². The van der Waals surface area contributed by atoms with E-state index >= 15 is 0 Å². The van der Waals surface area contributed by atoms with Gasteiger partial charge in [-0.3, -0.25) is 0 Å². The van der Waals surface area contributed by atoms with Gasteiger partial charge in [-0.1, -0.05) is 0 Å². The number of thiophene rings is 1. The predicted octanol–water partition coefficient (Wildman–Crippen LogP) is 4.36. The third-order valence-corrected chi connectivity index (χ3v) is 4.92. The van der Waals surface area contributed by atoms with Crippen LogP contribution in [0.15, 0.2) is 41.1 Å². The first-order valence-corrected chi connectivity index (χ1v) is 8.84. The number of methoxy groups -OCH3 is 1. The number of fused-ring (bicyclic) bond motifs is 1. The van der Waals surface area contributed by atoms with Crippen molar-refractivity contribution in [3.8, 4) is 22.7 Å². The summed E-state index contributed by atoms with van der Waals surface area (Å²) in [5, 5.41) is 12.8. The van der Waals surface area contributed by atoms with E-state index in [2.05, 4.69) is 34.3 Å². The zero-order valence-corrected chi connectivity index (χ0v) is 13.9. The summed E-state index contributed by atoms with van der Waals surface area (Å²) in [5.41, 5.74) is 4.70. The number of rotatable bonds is 3. The molecule has 0 saturated heterocycles. The number of hydrogen-bond donors (Lipinski definition) is 1. The number of benzene rings is 1. The second-order valence-corrected chi connectivity index (χ2v) is 6.46. The number of hydrogen-bond acceptors (Lipinski definition) is 4. The van der Waals surface area contributed by atoms with Crippen LogP contribution < -0.4 is 10.1 Å². The fourth-order valence-electron chi connectivity index (χ4n) is 3.04. The van der Waals surface area contributed by atoms with E-state index in [1.54, 1.807) is 18.4 Å². The molecule has 1 aromatic carbocycles. The molecule has 1 aliphatic heterocycles. The Bertz CT molecular complexity index is 791. The monoisotopic (exact) mass is 325 g/mol. The molecule has 2 aromatic heterocycles. The van der Waals surface area contributed by atoms with Crippen LogP contribution in [0.4, 0.5) is 5.82 Å². The molecule has 1 N–H and O–H groups in total. The van der Waals surface area contributed by atoms with Gasteiger partial charge in [0.1, 0.15) is 11.6 Å². The molecular weight excluding hydrogens is 306 g/mol. The van der Waals surface area contributed by atoms with E-state index in [9.17, 15) is 0 Å². The van der Waals surface area contributed by atoms with Crippen LogP contribution in [0.3, 0.4) is 0 Å². The number of anilines is 1. The Kier molecular flexibility index (Phi) is 3.79. The molecule has 0 aliphatic carbocycles. The van der Waals surface area contributed by atoms with Crippen LogP contribution in [-0.4, -0.2) is 23.4 Å². The maximum Gasteiger partial charge on any atom is 0.133 e.